The molecule has 6 rings (SSSR count). The fourth-order valence-corrected chi connectivity index (χ4v) is 5.56. The molecule has 0 saturated carbocycles. The molecule has 2 aliphatic heterocycles. The van der Waals surface area contributed by atoms with E-state index in [1.54, 1.807) is 18.2 Å². The second-order valence-corrected chi connectivity index (χ2v) is 10.6. The molecule has 0 atom stereocenters. The van der Waals surface area contributed by atoms with Crippen molar-refractivity contribution in [3.05, 3.63) is 96.2 Å². The summed E-state index contributed by atoms with van der Waals surface area (Å²) in [6, 6.07) is 25.9. The Bertz CT molecular complexity index is 1540. The maximum Gasteiger partial charge on any atom is 0.254 e. The Hall–Kier alpha value is -4.76. The van der Waals surface area contributed by atoms with Gasteiger partial charge in [-0.1, -0.05) is 30.3 Å². The number of rotatable bonds is 9. The van der Waals surface area contributed by atoms with Crippen LogP contribution in [0.5, 0.6) is 11.5 Å². The summed E-state index contributed by atoms with van der Waals surface area (Å²) in [6.45, 7) is 5.26. The summed E-state index contributed by atoms with van der Waals surface area (Å²) >= 11 is 0. The summed E-state index contributed by atoms with van der Waals surface area (Å²) in [6.07, 6.45) is 2.55. The van der Waals surface area contributed by atoms with Gasteiger partial charge in [0, 0.05) is 51.0 Å². The van der Waals surface area contributed by atoms with Gasteiger partial charge in [0.1, 0.15) is 5.82 Å². The van der Waals surface area contributed by atoms with Crippen molar-refractivity contribution in [2.75, 3.05) is 61.6 Å². The largest absolute Gasteiger partial charge is 0.454 e. The van der Waals surface area contributed by atoms with Gasteiger partial charge in [0.05, 0.1) is 11.4 Å². The summed E-state index contributed by atoms with van der Waals surface area (Å²) in [7, 11) is 0. The molecule has 4 N–H and O–H groups in total. The zero-order valence-electron chi connectivity index (χ0n) is 23.6. The SMILES string of the molecule is NCCCN(Cc1cccc(-c2ccc(N3CCN(c4ccccn4)CC3)c(N)c2)c1)C(=O)c1ccc2c(c1)OCO2. The molecule has 9 nitrogen and oxygen atoms in total. The van der Waals surface area contributed by atoms with Crippen molar-refractivity contribution in [1.29, 1.82) is 0 Å². The van der Waals surface area contributed by atoms with Crippen LogP contribution in [-0.2, 0) is 6.54 Å². The maximum absolute atomic E-state index is 13.5. The van der Waals surface area contributed by atoms with Crippen LogP contribution in [-0.4, -0.2) is 61.9 Å². The third kappa shape index (κ3) is 5.96. The van der Waals surface area contributed by atoms with E-state index in [1.807, 2.05) is 41.4 Å². The molecule has 216 valence electrons. The van der Waals surface area contributed by atoms with Gasteiger partial charge >= 0.3 is 0 Å². The number of amides is 1. The van der Waals surface area contributed by atoms with E-state index in [0.717, 1.165) is 60.1 Å². The number of hydrogen-bond acceptors (Lipinski definition) is 8. The van der Waals surface area contributed by atoms with Gasteiger partial charge in [0.15, 0.2) is 11.5 Å². The molecule has 0 radical (unpaired) electrons. The van der Waals surface area contributed by atoms with Crippen LogP contribution >= 0.6 is 0 Å². The van der Waals surface area contributed by atoms with E-state index < -0.39 is 0 Å². The molecule has 42 heavy (non-hydrogen) atoms. The fraction of sp³-hybridized carbons (Fsp3) is 0.273. The van der Waals surface area contributed by atoms with Crippen molar-refractivity contribution in [3.63, 3.8) is 0 Å². The van der Waals surface area contributed by atoms with Crippen molar-refractivity contribution in [3.8, 4) is 22.6 Å². The highest BCUT2D eigenvalue weighted by atomic mass is 16.7. The molecule has 0 aliphatic carbocycles. The second-order valence-electron chi connectivity index (χ2n) is 10.6. The van der Waals surface area contributed by atoms with Gasteiger partial charge in [0.2, 0.25) is 6.79 Å². The van der Waals surface area contributed by atoms with E-state index in [4.69, 9.17) is 20.9 Å². The normalized spacial score (nSPS) is 14.2. The van der Waals surface area contributed by atoms with E-state index >= 15 is 0 Å². The fourth-order valence-electron chi connectivity index (χ4n) is 5.56. The first-order chi connectivity index (χ1) is 20.6. The predicted molar refractivity (Wildman–Crippen MR) is 166 cm³/mol. The number of ether oxygens (including phenoxy) is 2. The highest BCUT2D eigenvalue weighted by molar-refractivity contribution is 5.95. The number of piperazine rings is 1. The minimum Gasteiger partial charge on any atom is -0.454 e. The summed E-state index contributed by atoms with van der Waals surface area (Å²) in [5.74, 6) is 2.20. The standard InChI is InChI=1S/C33H36N6O3/c34-12-4-14-39(33(40)27-9-11-30-31(21-27)42-23-41-30)22-24-5-3-6-25(19-24)26-8-10-29(28(35)20-26)37-15-17-38(18-16-37)32-7-1-2-13-36-32/h1-3,5-11,13,19-21H,4,12,14-18,22-23,34-35H2. The lowest BCUT2D eigenvalue weighted by Crippen LogP contribution is -2.47. The Morgan fingerprint density at radius 2 is 1.67 bits per heavy atom. The van der Waals surface area contributed by atoms with E-state index in [9.17, 15) is 4.79 Å². The minimum absolute atomic E-state index is 0.0658. The van der Waals surface area contributed by atoms with Crippen LogP contribution in [0, 0.1) is 0 Å². The van der Waals surface area contributed by atoms with Crippen LogP contribution in [0.25, 0.3) is 11.1 Å². The lowest BCUT2D eigenvalue weighted by atomic mass is 10.0. The molecule has 0 unspecified atom stereocenters. The molecule has 3 aromatic carbocycles. The van der Waals surface area contributed by atoms with Gasteiger partial charge < -0.3 is 35.6 Å². The minimum atomic E-state index is -0.0658. The number of carbonyl (C=O) groups excluding carboxylic acids is 1. The van der Waals surface area contributed by atoms with Gasteiger partial charge in [-0.2, -0.15) is 0 Å². The Labute approximate surface area is 246 Å². The summed E-state index contributed by atoms with van der Waals surface area (Å²) in [4.78, 5) is 24.5. The van der Waals surface area contributed by atoms with Gasteiger partial charge in [-0.3, -0.25) is 4.79 Å². The summed E-state index contributed by atoms with van der Waals surface area (Å²) in [5, 5.41) is 0. The summed E-state index contributed by atoms with van der Waals surface area (Å²) < 4.78 is 10.9. The van der Waals surface area contributed by atoms with E-state index in [1.165, 1.54) is 0 Å². The third-order valence-corrected chi connectivity index (χ3v) is 7.79. The van der Waals surface area contributed by atoms with Crippen molar-refractivity contribution in [2.24, 2.45) is 5.73 Å². The number of pyridine rings is 1. The first-order valence-corrected chi connectivity index (χ1v) is 14.4. The highest BCUT2D eigenvalue weighted by Gasteiger charge is 2.22. The Kier molecular flexibility index (Phi) is 8.09. The molecule has 1 aromatic heterocycles. The number of aromatic nitrogens is 1. The molecule has 9 heteroatoms. The lowest BCUT2D eigenvalue weighted by Gasteiger charge is -2.37. The molecule has 0 bridgehead atoms. The van der Waals surface area contributed by atoms with Gasteiger partial charge in [-0.25, -0.2) is 4.98 Å². The van der Waals surface area contributed by atoms with Gasteiger partial charge in [0.25, 0.3) is 5.91 Å². The molecular formula is C33H36N6O3. The van der Waals surface area contributed by atoms with Crippen LogP contribution in [0.2, 0.25) is 0 Å². The Balaban J connectivity index is 1.15. The molecule has 0 spiro atoms. The Morgan fingerprint density at radius 1 is 0.857 bits per heavy atom. The number of anilines is 3. The van der Waals surface area contributed by atoms with Crippen molar-refractivity contribution in [1.82, 2.24) is 9.88 Å². The molecule has 1 fully saturated rings. The number of hydrogen-bond donors (Lipinski definition) is 2. The topological polar surface area (TPSA) is 110 Å². The maximum atomic E-state index is 13.5. The highest BCUT2D eigenvalue weighted by Crippen LogP contribution is 2.34. The molecule has 4 aromatic rings. The zero-order valence-corrected chi connectivity index (χ0v) is 23.6. The number of carbonyl (C=O) groups is 1. The van der Waals surface area contributed by atoms with E-state index in [-0.39, 0.29) is 12.7 Å². The van der Waals surface area contributed by atoms with Crippen LogP contribution in [0.15, 0.2) is 85.1 Å². The van der Waals surface area contributed by atoms with Crippen LogP contribution in [0.1, 0.15) is 22.3 Å². The average Bonchev–Trinajstić information content (AvgIpc) is 3.51. The molecule has 1 amide bonds. The average molecular weight is 565 g/mol. The van der Waals surface area contributed by atoms with E-state index in [2.05, 4.69) is 45.1 Å². The van der Waals surface area contributed by atoms with Crippen LogP contribution < -0.4 is 30.7 Å². The number of nitrogens with zero attached hydrogens (tertiary/aromatic N) is 4. The molecule has 2 aliphatic rings. The number of nitrogens with two attached hydrogens (primary N) is 2. The van der Waals surface area contributed by atoms with Crippen molar-refractivity contribution >= 4 is 23.1 Å². The Morgan fingerprint density at radius 3 is 2.45 bits per heavy atom. The van der Waals surface area contributed by atoms with Crippen molar-refractivity contribution in [2.45, 2.75) is 13.0 Å². The molecule has 3 heterocycles. The smallest absolute Gasteiger partial charge is 0.254 e. The van der Waals surface area contributed by atoms with Gasteiger partial charge in [-0.15, -0.1) is 0 Å². The quantitative estimate of drug-likeness (QED) is 0.288. The molecule has 1 saturated heterocycles. The number of benzene rings is 3. The first-order valence-electron chi connectivity index (χ1n) is 14.4. The van der Waals surface area contributed by atoms with E-state index in [0.29, 0.717) is 43.1 Å². The van der Waals surface area contributed by atoms with Gasteiger partial charge in [-0.05, 0) is 78.2 Å². The van der Waals surface area contributed by atoms with Crippen LogP contribution in [0.4, 0.5) is 17.2 Å². The lowest BCUT2D eigenvalue weighted by molar-refractivity contribution is 0.0742. The molecular weight excluding hydrogens is 528 g/mol. The number of nitrogen functional groups attached to an aromatic ring is 1. The monoisotopic (exact) mass is 564 g/mol. The predicted octanol–water partition coefficient (Wildman–Crippen LogP) is 4.38. The second kappa shape index (κ2) is 12.4. The first kappa shape index (κ1) is 27.4. The third-order valence-electron chi connectivity index (χ3n) is 7.79. The van der Waals surface area contributed by atoms with Crippen molar-refractivity contribution < 1.29 is 14.3 Å². The summed E-state index contributed by atoms with van der Waals surface area (Å²) in [5.41, 5.74) is 17.9. The number of fused-ring (bicyclic) bond motifs is 1. The van der Waals surface area contributed by atoms with Crippen LogP contribution in [0.3, 0.4) is 0 Å². The zero-order chi connectivity index (χ0) is 28.9.